The first-order chi connectivity index (χ1) is 16.9. The molecular weight excluding hydrogens is 445 g/mol. The minimum atomic E-state index is -1.12. The van der Waals surface area contributed by atoms with Crippen LogP contribution in [0, 0.1) is 16.7 Å². The summed E-state index contributed by atoms with van der Waals surface area (Å²) in [5, 5.41) is 15.8. The van der Waals surface area contributed by atoms with Crippen LogP contribution in [0.2, 0.25) is 0 Å². The van der Waals surface area contributed by atoms with Crippen molar-refractivity contribution < 1.29 is 14.0 Å². The summed E-state index contributed by atoms with van der Waals surface area (Å²) in [4.78, 5) is 29.7. The molecule has 1 aromatic rings. The lowest BCUT2D eigenvalue weighted by Crippen LogP contribution is -2.59. The van der Waals surface area contributed by atoms with Crippen LogP contribution < -0.4 is 15.5 Å². The fraction of sp³-hybridized carbons (Fsp3) is 0.667. The predicted octanol–water partition coefficient (Wildman–Crippen LogP) is 3.76. The van der Waals surface area contributed by atoms with Crippen molar-refractivity contribution >= 4 is 23.2 Å². The number of rotatable bonds is 6. The van der Waals surface area contributed by atoms with Gasteiger partial charge in [-0.1, -0.05) is 0 Å². The van der Waals surface area contributed by atoms with E-state index in [4.69, 9.17) is 0 Å². The smallest absolute Gasteiger partial charge is 0.237 e. The largest absolute Gasteiger partial charge is 0.372 e. The molecular formula is C27H36FN5O2. The first kappa shape index (κ1) is 24.1. The number of nitrogens with zero attached hydrogens (tertiary/aromatic N) is 3. The van der Waals surface area contributed by atoms with Crippen molar-refractivity contribution in [3.05, 3.63) is 24.3 Å². The van der Waals surface area contributed by atoms with Crippen molar-refractivity contribution in [3.63, 3.8) is 0 Å². The Labute approximate surface area is 207 Å². The molecule has 0 aromatic heterocycles. The summed E-state index contributed by atoms with van der Waals surface area (Å²) in [7, 11) is 0. The lowest BCUT2D eigenvalue weighted by molar-refractivity contribution is -0.135. The second-order valence-corrected chi connectivity index (χ2v) is 11.0. The highest BCUT2D eigenvalue weighted by molar-refractivity contribution is 5.95. The highest BCUT2D eigenvalue weighted by Crippen LogP contribution is 2.52. The Hall–Kier alpha value is -2.66. The third-order valence-corrected chi connectivity index (χ3v) is 8.91. The first-order valence-electron chi connectivity index (χ1n) is 13.2. The second-order valence-electron chi connectivity index (χ2n) is 11.0. The molecule has 7 nitrogen and oxygen atoms in total. The van der Waals surface area contributed by atoms with Gasteiger partial charge in [0.15, 0.2) is 0 Å². The standard InChI is InChI=1S/C27H36FN5O2/c28-20-16-23(17-29)33(19-20)24(34)18-30-27-11-8-26(9-12-27,10-13-27)25(35)31-21-4-6-22(7-5-21)32-14-2-1-3-15-32/h4-7,20,23,30H,1-3,8-16,18-19H2,(H,31,35)/t20-,23-,26?,27?/m0/s1. The Morgan fingerprint density at radius 2 is 1.69 bits per heavy atom. The molecule has 8 heteroatoms. The molecule has 35 heavy (non-hydrogen) atoms. The normalized spacial score (nSPS) is 32.3. The maximum atomic E-state index is 13.7. The number of hydrogen-bond donors (Lipinski definition) is 2. The van der Waals surface area contributed by atoms with Gasteiger partial charge in [-0.2, -0.15) is 5.26 Å². The molecule has 2 heterocycles. The Bertz CT molecular complexity index is 960. The van der Waals surface area contributed by atoms with E-state index in [1.165, 1.54) is 29.8 Å². The van der Waals surface area contributed by atoms with Crippen LogP contribution >= 0.6 is 0 Å². The molecule has 2 saturated heterocycles. The van der Waals surface area contributed by atoms with Gasteiger partial charge < -0.3 is 20.4 Å². The molecule has 2 aliphatic heterocycles. The number of alkyl halides is 1. The molecule has 6 rings (SSSR count). The number of carbonyl (C=O) groups excluding carboxylic acids is 2. The minimum Gasteiger partial charge on any atom is -0.372 e. The van der Waals surface area contributed by atoms with E-state index in [2.05, 4.69) is 27.7 Å². The molecule has 2 N–H and O–H groups in total. The van der Waals surface area contributed by atoms with Crippen LogP contribution in [-0.4, -0.2) is 60.6 Å². The number of carbonyl (C=O) groups is 2. The maximum absolute atomic E-state index is 13.7. The fourth-order valence-corrected chi connectivity index (χ4v) is 6.51. The third kappa shape index (κ3) is 4.88. The number of anilines is 2. The molecule has 3 saturated carbocycles. The minimum absolute atomic E-state index is 0.00797. The zero-order chi connectivity index (χ0) is 24.5. The van der Waals surface area contributed by atoms with Crippen molar-refractivity contribution in [2.24, 2.45) is 5.41 Å². The van der Waals surface area contributed by atoms with Crippen molar-refractivity contribution in [2.45, 2.75) is 82.0 Å². The number of nitrogens with one attached hydrogen (secondary N) is 2. The number of amides is 2. The molecule has 3 aliphatic carbocycles. The molecule has 0 spiro atoms. The van der Waals surface area contributed by atoms with Gasteiger partial charge in [0, 0.05) is 41.8 Å². The van der Waals surface area contributed by atoms with Crippen LogP contribution in [0.4, 0.5) is 15.8 Å². The average molecular weight is 482 g/mol. The van der Waals surface area contributed by atoms with Crippen LogP contribution in [0.15, 0.2) is 24.3 Å². The summed E-state index contributed by atoms with van der Waals surface area (Å²) in [6.07, 6.45) is 7.68. The van der Waals surface area contributed by atoms with Gasteiger partial charge in [-0.3, -0.25) is 9.59 Å². The molecule has 188 valence electrons. The van der Waals surface area contributed by atoms with E-state index in [0.29, 0.717) is 0 Å². The molecule has 2 atom stereocenters. The number of benzene rings is 1. The lowest BCUT2D eigenvalue weighted by atomic mass is 9.57. The van der Waals surface area contributed by atoms with Crippen molar-refractivity contribution in [1.29, 1.82) is 5.26 Å². The number of nitriles is 1. The Kier molecular flexibility index (Phi) is 6.71. The van der Waals surface area contributed by atoms with Crippen LogP contribution in [0.3, 0.4) is 0 Å². The van der Waals surface area contributed by atoms with Gasteiger partial charge in [-0.15, -0.1) is 0 Å². The Morgan fingerprint density at radius 3 is 2.31 bits per heavy atom. The number of piperidine rings is 1. The zero-order valence-electron chi connectivity index (χ0n) is 20.4. The number of fused-ring (bicyclic) bond motifs is 3. The van der Waals surface area contributed by atoms with Gasteiger partial charge in [0.2, 0.25) is 11.8 Å². The monoisotopic (exact) mass is 481 g/mol. The van der Waals surface area contributed by atoms with Crippen LogP contribution in [0.1, 0.15) is 64.2 Å². The van der Waals surface area contributed by atoms with Gasteiger partial charge in [0.25, 0.3) is 0 Å². The van der Waals surface area contributed by atoms with E-state index in [1.807, 2.05) is 18.2 Å². The number of likely N-dealkylation sites (tertiary alicyclic amines) is 1. The first-order valence-corrected chi connectivity index (χ1v) is 13.2. The number of hydrogen-bond acceptors (Lipinski definition) is 5. The lowest BCUT2D eigenvalue weighted by Gasteiger charge is -2.52. The van der Waals surface area contributed by atoms with Crippen LogP contribution in [0.25, 0.3) is 0 Å². The summed E-state index contributed by atoms with van der Waals surface area (Å²) >= 11 is 0. The van der Waals surface area contributed by atoms with Gasteiger partial charge >= 0.3 is 0 Å². The van der Waals surface area contributed by atoms with Crippen molar-refractivity contribution in [2.75, 3.05) is 36.4 Å². The van der Waals surface area contributed by atoms with Gasteiger partial charge in [-0.25, -0.2) is 4.39 Å². The van der Waals surface area contributed by atoms with E-state index in [-0.39, 0.29) is 42.3 Å². The quantitative estimate of drug-likeness (QED) is 0.646. The van der Waals surface area contributed by atoms with Crippen LogP contribution in [0.5, 0.6) is 0 Å². The zero-order valence-corrected chi connectivity index (χ0v) is 20.4. The van der Waals surface area contributed by atoms with Gasteiger partial charge in [0.1, 0.15) is 12.2 Å². The van der Waals surface area contributed by atoms with Crippen molar-refractivity contribution in [3.8, 4) is 6.07 Å². The van der Waals surface area contributed by atoms with E-state index in [9.17, 15) is 19.2 Å². The van der Waals surface area contributed by atoms with Gasteiger partial charge in [0.05, 0.1) is 19.2 Å². The Morgan fingerprint density at radius 1 is 1.03 bits per heavy atom. The van der Waals surface area contributed by atoms with E-state index < -0.39 is 12.2 Å². The maximum Gasteiger partial charge on any atom is 0.237 e. The molecule has 0 unspecified atom stereocenters. The van der Waals surface area contributed by atoms with E-state index in [0.717, 1.165) is 57.3 Å². The topological polar surface area (TPSA) is 88.5 Å². The highest BCUT2D eigenvalue weighted by atomic mass is 19.1. The van der Waals surface area contributed by atoms with E-state index in [1.54, 1.807) is 0 Å². The van der Waals surface area contributed by atoms with Gasteiger partial charge in [-0.05, 0) is 82.1 Å². The Balaban J connectivity index is 1.13. The third-order valence-electron chi connectivity index (χ3n) is 8.91. The fourth-order valence-electron chi connectivity index (χ4n) is 6.51. The summed E-state index contributed by atoms with van der Waals surface area (Å²) < 4.78 is 13.7. The average Bonchev–Trinajstić information content (AvgIpc) is 3.30. The summed E-state index contributed by atoms with van der Waals surface area (Å²) in [6, 6.07) is 9.61. The summed E-state index contributed by atoms with van der Waals surface area (Å²) in [6.45, 7) is 2.33. The summed E-state index contributed by atoms with van der Waals surface area (Å²) in [5.74, 6) is -0.102. The highest BCUT2D eigenvalue weighted by Gasteiger charge is 2.52. The molecule has 5 aliphatic rings. The number of halogens is 1. The molecule has 2 bridgehead atoms. The van der Waals surface area contributed by atoms with Crippen LogP contribution in [-0.2, 0) is 9.59 Å². The second kappa shape index (κ2) is 9.77. The molecule has 2 amide bonds. The predicted molar refractivity (Wildman–Crippen MR) is 133 cm³/mol. The van der Waals surface area contributed by atoms with E-state index >= 15 is 0 Å². The summed E-state index contributed by atoms with van der Waals surface area (Å²) in [5.41, 5.74) is 1.57. The van der Waals surface area contributed by atoms with Crippen molar-refractivity contribution in [1.82, 2.24) is 10.2 Å². The molecule has 5 fully saturated rings. The molecule has 1 aromatic carbocycles. The molecule has 0 radical (unpaired) electrons. The SMILES string of the molecule is N#C[C@@H]1C[C@H](F)CN1C(=O)CNC12CCC(C(=O)Nc3ccc(N4CCCCC4)cc3)(CC1)CC2.